The maximum absolute atomic E-state index is 14.8. The summed E-state index contributed by atoms with van der Waals surface area (Å²) in [5, 5.41) is 0. The molecular formula is C32H46O8. The van der Waals surface area contributed by atoms with E-state index in [1.165, 1.54) is 14.0 Å². The van der Waals surface area contributed by atoms with Gasteiger partial charge in [0.1, 0.15) is 23.1 Å². The molecule has 4 bridgehead atoms. The summed E-state index contributed by atoms with van der Waals surface area (Å²) >= 11 is 0. The Morgan fingerprint density at radius 3 is 2.40 bits per heavy atom. The van der Waals surface area contributed by atoms with Crippen molar-refractivity contribution >= 4 is 17.7 Å². The molecule has 8 heteroatoms. The van der Waals surface area contributed by atoms with Gasteiger partial charge in [0.05, 0.1) is 25.2 Å². The van der Waals surface area contributed by atoms with E-state index in [1.807, 2.05) is 6.92 Å². The zero-order valence-corrected chi connectivity index (χ0v) is 25.3. The first-order valence-electron chi connectivity index (χ1n) is 15.1. The summed E-state index contributed by atoms with van der Waals surface area (Å²) in [6, 6.07) is 0. The Hall–Kier alpha value is -1.77. The number of Topliss-reactive ketones (excluding diaryl/α,β-unsaturated/α-hetero) is 1. The van der Waals surface area contributed by atoms with Crippen molar-refractivity contribution in [3.63, 3.8) is 0 Å². The van der Waals surface area contributed by atoms with Crippen LogP contribution >= 0.6 is 0 Å². The van der Waals surface area contributed by atoms with E-state index in [2.05, 4.69) is 34.3 Å². The van der Waals surface area contributed by atoms with Crippen molar-refractivity contribution in [2.75, 3.05) is 13.7 Å². The van der Waals surface area contributed by atoms with Crippen LogP contribution in [0.2, 0.25) is 0 Å². The standard InChI is InChI=1S/C32H46O8/c1-9-30-14-13-28(7,39-30)31(40-30)15-12-27(6)29(31)17-22(34)25-26(5,11-10-24(35)36-8)21(19(2)3)16-23(38-20(4)33)32(25,27)37-18-29/h21,23,25H,2,9-18H2,1,3-8H3/t21-,23-,25+,26-,27+,28-,29+,30-,31-,32-/m0/s1. The molecule has 3 aliphatic carbocycles. The topological polar surface area (TPSA) is 97.4 Å². The van der Waals surface area contributed by atoms with Gasteiger partial charge in [-0.1, -0.05) is 32.9 Å². The highest BCUT2D eigenvalue weighted by Crippen LogP contribution is 2.83. The normalized spacial score (nSPS) is 52.0. The van der Waals surface area contributed by atoms with Crippen molar-refractivity contribution in [3.8, 4) is 0 Å². The smallest absolute Gasteiger partial charge is 0.305 e. The van der Waals surface area contributed by atoms with Crippen molar-refractivity contribution in [2.45, 2.75) is 128 Å². The minimum Gasteiger partial charge on any atom is -0.469 e. The maximum atomic E-state index is 14.8. The number of rotatable bonds is 6. The second-order valence-corrected chi connectivity index (χ2v) is 14.4. The van der Waals surface area contributed by atoms with Crippen LogP contribution in [0.15, 0.2) is 12.2 Å². The predicted molar refractivity (Wildman–Crippen MR) is 145 cm³/mol. The first kappa shape index (κ1) is 28.4. The third-order valence-electron chi connectivity index (χ3n) is 13.0. The SMILES string of the molecule is C=C(C)[C@@H]1C[C@H](OC(C)=O)[C@]23OC[C@]4(CC(=O)[C@@H]2[C@@]1(C)CCC(=O)OC)[C@@]3(C)CC[C@@]41O[C@@]2(CC)CC[C@]1(C)O2. The molecule has 3 aliphatic heterocycles. The van der Waals surface area contributed by atoms with E-state index in [0.717, 1.165) is 37.7 Å². The largest absolute Gasteiger partial charge is 0.469 e. The molecule has 8 nitrogen and oxygen atoms in total. The zero-order chi connectivity index (χ0) is 29.1. The van der Waals surface area contributed by atoms with Crippen LogP contribution in [0.4, 0.5) is 0 Å². The highest BCUT2D eigenvalue weighted by atomic mass is 16.8. The summed E-state index contributed by atoms with van der Waals surface area (Å²) in [5.74, 6) is -1.94. The van der Waals surface area contributed by atoms with Gasteiger partial charge in [-0.05, 0) is 63.7 Å². The third-order valence-corrected chi connectivity index (χ3v) is 13.0. The van der Waals surface area contributed by atoms with Gasteiger partial charge < -0.3 is 23.7 Å². The summed E-state index contributed by atoms with van der Waals surface area (Å²) in [5.41, 5.74) is -3.09. The molecule has 0 unspecified atom stereocenters. The molecule has 3 saturated heterocycles. The fourth-order valence-electron chi connectivity index (χ4n) is 11.2. The van der Waals surface area contributed by atoms with E-state index in [0.29, 0.717) is 25.9 Å². The van der Waals surface area contributed by atoms with Crippen molar-refractivity contribution in [3.05, 3.63) is 12.2 Å². The minimum atomic E-state index is -1.05. The van der Waals surface area contributed by atoms with Gasteiger partial charge in [0.2, 0.25) is 0 Å². The maximum Gasteiger partial charge on any atom is 0.305 e. The van der Waals surface area contributed by atoms with Gasteiger partial charge in [-0.25, -0.2) is 0 Å². The molecular weight excluding hydrogens is 512 g/mol. The Labute approximate surface area is 237 Å². The minimum absolute atomic E-state index is 0.104. The lowest BCUT2D eigenvalue weighted by atomic mass is 9.38. The molecule has 0 aromatic carbocycles. The molecule has 6 fully saturated rings. The number of esters is 2. The van der Waals surface area contributed by atoms with E-state index < -0.39 is 50.9 Å². The second-order valence-electron chi connectivity index (χ2n) is 14.4. The predicted octanol–water partition coefficient (Wildman–Crippen LogP) is 5.06. The molecule has 222 valence electrons. The Balaban J connectivity index is 1.54. The number of methoxy groups -OCH3 is 1. The van der Waals surface area contributed by atoms with Crippen LogP contribution in [0, 0.1) is 28.1 Å². The number of ketones is 1. The van der Waals surface area contributed by atoms with Crippen LogP contribution in [-0.4, -0.2) is 60.1 Å². The number of allylic oxidation sites excluding steroid dienone is 1. The van der Waals surface area contributed by atoms with Gasteiger partial charge in [-0.3, -0.25) is 14.4 Å². The van der Waals surface area contributed by atoms with Crippen LogP contribution in [0.1, 0.15) is 99.3 Å². The summed E-state index contributed by atoms with van der Waals surface area (Å²) in [7, 11) is 1.39. The van der Waals surface area contributed by atoms with E-state index >= 15 is 0 Å². The summed E-state index contributed by atoms with van der Waals surface area (Å²) in [6.07, 6.45) is 4.85. The molecule has 6 aliphatic rings. The van der Waals surface area contributed by atoms with Crippen molar-refractivity contribution in [2.24, 2.45) is 28.1 Å². The number of ether oxygens (including phenoxy) is 5. The van der Waals surface area contributed by atoms with E-state index in [9.17, 15) is 14.4 Å². The van der Waals surface area contributed by atoms with Gasteiger partial charge in [0.25, 0.3) is 0 Å². The second kappa shape index (κ2) is 8.41. The van der Waals surface area contributed by atoms with Crippen LogP contribution in [0.25, 0.3) is 0 Å². The third kappa shape index (κ3) is 2.96. The quantitative estimate of drug-likeness (QED) is 0.330. The van der Waals surface area contributed by atoms with E-state index in [1.54, 1.807) is 0 Å². The average molecular weight is 559 g/mol. The van der Waals surface area contributed by atoms with Crippen LogP contribution in [0.5, 0.6) is 0 Å². The molecule has 0 amide bonds. The molecule has 40 heavy (non-hydrogen) atoms. The molecule has 0 aromatic heterocycles. The van der Waals surface area contributed by atoms with Crippen LogP contribution in [-0.2, 0) is 38.1 Å². The molecule has 3 saturated carbocycles. The Morgan fingerprint density at radius 2 is 1.80 bits per heavy atom. The highest BCUT2D eigenvalue weighted by molar-refractivity contribution is 5.87. The summed E-state index contributed by atoms with van der Waals surface area (Å²) in [6.45, 7) is 16.7. The lowest BCUT2D eigenvalue weighted by Crippen LogP contribution is -2.75. The van der Waals surface area contributed by atoms with Gasteiger partial charge in [-0.15, -0.1) is 0 Å². The van der Waals surface area contributed by atoms with Crippen molar-refractivity contribution < 1.29 is 38.1 Å². The Kier molecular flexibility index (Phi) is 5.96. The van der Waals surface area contributed by atoms with Crippen molar-refractivity contribution in [1.29, 1.82) is 0 Å². The number of hydrogen-bond donors (Lipinski definition) is 0. The van der Waals surface area contributed by atoms with E-state index in [-0.39, 0.29) is 30.1 Å². The first-order valence-corrected chi connectivity index (χ1v) is 15.1. The number of carbonyl (C=O) groups is 3. The number of carbonyl (C=O) groups excluding carboxylic acids is 3. The molecule has 2 spiro atoms. The van der Waals surface area contributed by atoms with Gasteiger partial charge >= 0.3 is 11.9 Å². The molecule has 3 heterocycles. The summed E-state index contributed by atoms with van der Waals surface area (Å²) < 4.78 is 32.2. The zero-order valence-electron chi connectivity index (χ0n) is 25.3. The number of fused-ring (bicyclic) bond motifs is 3. The summed E-state index contributed by atoms with van der Waals surface area (Å²) in [4.78, 5) is 39.9. The van der Waals surface area contributed by atoms with E-state index in [4.69, 9.17) is 23.7 Å². The van der Waals surface area contributed by atoms with Gasteiger partial charge in [0, 0.05) is 37.0 Å². The monoisotopic (exact) mass is 558 g/mol. The number of hydrogen-bond acceptors (Lipinski definition) is 8. The Morgan fingerprint density at radius 1 is 1.07 bits per heavy atom. The van der Waals surface area contributed by atoms with Crippen LogP contribution in [0.3, 0.4) is 0 Å². The lowest BCUT2D eigenvalue weighted by Gasteiger charge is -2.66. The van der Waals surface area contributed by atoms with Crippen LogP contribution < -0.4 is 0 Å². The van der Waals surface area contributed by atoms with Crippen molar-refractivity contribution in [1.82, 2.24) is 0 Å². The fourth-order valence-corrected chi connectivity index (χ4v) is 11.2. The molecule has 0 N–H and O–H groups in total. The molecule has 6 rings (SSSR count). The Bertz CT molecular complexity index is 1180. The van der Waals surface area contributed by atoms with Gasteiger partial charge in [-0.2, -0.15) is 0 Å². The lowest BCUT2D eigenvalue weighted by molar-refractivity contribution is -0.258. The molecule has 0 aromatic rings. The highest BCUT2D eigenvalue weighted by Gasteiger charge is 2.90. The molecule has 10 atom stereocenters. The van der Waals surface area contributed by atoms with Gasteiger partial charge in [0.15, 0.2) is 5.79 Å². The average Bonchev–Trinajstić information content (AvgIpc) is 3.49. The first-order chi connectivity index (χ1) is 18.7. The molecule has 0 radical (unpaired) electrons. The fraction of sp³-hybridized carbons (Fsp3) is 0.844.